The lowest BCUT2D eigenvalue weighted by molar-refractivity contribution is -0.131. The Bertz CT molecular complexity index is 716. The topological polar surface area (TPSA) is 81.0 Å². The Labute approximate surface area is 165 Å². The van der Waals surface area contributed by atoms with E-state index in [1.165, 1.54) is 6.26 Å². The van der Waals surface area contributed by atoms with E-state index in [4.69, 9.17) is 13.9 Å². The van der Waals surface area contributed by atoms with Gasteiger partial charge in [0.1, 0.15) is 6.26 Å². The first-order valence-electron chi connectivity index (χ1n) is 10.3. The summed E-state index contributed by atoms with van der Waals surface area (Å²) in [7, 11) is 0. The predicted molar refractivity (Wildman–Crippen MR) is 102 cm³/mol. The van der Waals surface area contributed by atoms with E-state index in [1.54, 1.807) is 6.26 Å². The maximum absolute atomic E-state index is 12.7. The van der Waals surface area contributed by atoms with E-state index < -0.39 is 5.41 Å². The van der Waals surface area contributed by atoms with Crippen molar-refractivity contribution in [3.05, 3.63) is 23.7 Å². The predicted octanol–water partition coefficient (Wildman–Crippen LogP) is 2.14. The van der Waals surface area contributed by atoms with E-state index in [-0.39, 0.29) is 24.0 Å². The highest BCUT2D eigenvalue weighted by atomic mass is 16.5. The van der Waals surface area contributed by atoms with Gasteiger partial charge >= 0.3 is 0 Å². The summed E-state index contributed by atoms with van der Waals surface area (Å²) in [6.07, 6.45) is 6.56. The number of furan rings is 1. The normalized spacial score (nSPS) is 31.3. The molecule has 0 radical (unpaired) electrons. The molecule has 0 spiro atoms. The first-order valence-corrected chi connectivity index (χ1v) is 10.3. The van der Waals surface area contributed by atoms with Crippen LogP contribution in [0.25, 0.3) is 0 Å². The van der Waals surface area contributed by atoms with E-state index in [0.717, 1.165) is 31.2 Å². The molecular weight excluding hydrogens is 360 g/mol. The van der Waals surface area contributed by atoms with Crippen LogP contribution in [0.3, 0.4) is 0 Å². The van der Waals surface area contributed by atoms with Crippen molar-refractivity contribution in [2.75, 3.05) is 32.9 Å². The van der Waals surface area contributed by atoms with E-state index >= 15 is 0 Å². The summed E-state index contributed by atoms with van der Waals surface area (Å²) in [6.45, 7) is 7.10. The second kappa shape index (κ2) is 7.87. The Morgan fingerprint density at radius 3 is 2.61 bits per heavy atom. The van der Waals surface area contributed by atoms with Crippen LogP contribution in [0.15, 0.2) is 16.9 Å². The number of nitrogens with zero attached hydrogens (tertiary/aromatic N) is 1. The van der Waals surface area contributed by atoms with Gasteiger partial charge in [-0.25, -0.2) is 0 Å². The molecule has 4 heterocycles. The van der Waals surface area contributed by atoms with Crippen molar-refractivity contribution in [1.82, 2.24) is 10.2 Å². The zero-order valence-electron chi connectivity index (χ0n) is 16.7. The Kier molecular flexibility index (Phi) is 5.47. The summed E-state index contributed by atoms with van der Waals surface area (Å²) in [5.41, 5.74) is 1.09. The number of carbonyl (C=O) groups excluding carboxylic acids is 2. The van der Waals surface area contributed by atoms with Gasteiger partial charge in [0.15, 0.2) is 0 Å². The molecule has 3 atom stereocenters. The Morgan fingerprint density at radius 1 is 1.18 bits per heavy atom. The van der Waals surface area contributed by atoms with Gasteiger partial charge in [0.05, 0.1) is 36.0 Å². The lowest BCUT2D eigenvalue weighted by Crippen LogP contribution is -2.51. The van der Waals surface area contributed by atoms with Crippen molar-refractivity contribution in [3.63, 3.8) is 0 Å². The van der Waals surface area contributed by atoms with E-state index in [1.807, 2.05) is 18.7 Å². The van der Waals surface area contributed by atoms with Crippen LogP contribution < -0.4 is 5.32 Å². The number of likely N-dealkylation sites (tertiary alicyclic amines) is 1. The molecular formula is C21H30N2O5. The van der Waals surface area contributed by atoms with E-state index in [0.29, 0.717) is 44.4 Å². The zero-order valence-corrected chi connectivity index (χ0v) is 16.7. The molecule has 1 N–H and O–H groups in total. The van der Waals surface area contributed by atoms with Crippen molar-refractivity contribution in [1.29, 1.82) is 0 Å². The molecule has 1 aromatic rings. The third kappa shape index (κ3) is 3.70. The molecule has 3 fully saturated rings. The summed E-state index contributed by atoms with van der Waals surface area (Å²) in [5.74, 6) is 0.472. The van der Waals surface area contributed by atoms with Crippen molar-refractivity contribution < 1.29 is 23.5 Å². The number of piperidine rings is 1. The van der Waals surface area contributed by atoms with Crippen LogP contribution in [0.5, 0.6) is 0 Å². The molecule has 1 unspecified atom stereocenters. The highest BCUT2D eigenvalue weighted by molar-refractivity contribution is 5.95. The van der Waals surface area contributed by atoms with Crippen LogP contribution >= 0.6 is 0 Å². The van der Waals surface area contributed by atoms with Gasteiger partial charge in [0.2, 0.25) is 5.91 Å². The molecule has 3 aliphatic rings. The van der Waals surface area contributed by atoms with Gasteiger partial charge in [0.25, 0.3) is 5.91 Å². The van der Waals surface area contributed by atoms with Crippen LogP contribution in [0, 0.1) is 18.3 Å². The van der Waals surface area contributed by atoms with Crippen molar-refractivity contribution in [3.8, 4) is 0 Å². The van der Waals surface area contributed by atoms with E-state index in [2.05, 4.69) is 5.32 Å². The molecule has 0 aromatic carbocycles. The average Bonchev–Trinajstić information content (AvgIpc) is 3.43. The number of aryl methyl sites for hydroxylation is 1. The molecule has 1 aromatic heterocycles. The van der Waals surface area contributed by atoms with Gasteiger partial charge in [-0.3, -0.25) is 9.59 Å². The summed E-state index contributed by atoms with van der Waals surface area (Å²) < 4.78 is 16.6. The number of nitrogens with one attached hydrogen (secondary N) is 1. The summed E-state index contributed by atoms with van der Waals surface area (Å²) >= 11 is 0. The molecule has 7 heteroatoms. The standard InChI is InChI=1S/C21H30N2O5/c1-14-11-27-12-16(14)19(24)23-7-3-15(4-8-23)18-17(5-9-28-18)22-20(25)21(2)6-10-26-13-21/h11-12,15,17-18H,3-10,13H2,1-2H3,(H,22,25)/t17-,18+,21?/m1/s1. The molecule has 2 amide bonds. The van der Waals surface area contributed by atoms with Gasteiger partial charge in [0, 0.05) is 26.3 Å². The SMILES string of the molecule is Cc1cocc1C(=O)N1CCC([C@@H]2OCC[C@H]2NC(=O)C2(C)CCOC2)CC1. The number of hydrogen-bond donors (Lipinski definition) is 1. The van der Waals surface area contributed by atoms with Gasteiger partial charge < -0.3 is 24.1 Å². The van der Waals surface area contributed by atoms with Crippen LogP contribution in [0.1, 0.15) is 48.5 Å². The molecule has 7 nitrogen and oxygen atoms in total. The molecule has 0 saturated carbocycles. The number of hydrogen-bond acceptors (Lipinski definition) is 5. The van der Waals surface area contributed by atoms with Crippen LogP contribution in [-0.4, -0.2) is 61.8 Å². The largest absolute Gasteiger partial charge is 0.471 e. The van der Waals surface area contributed by atoms with Gasteiger partial charge in [-0.2, -0.15) is 0 Å². The second-order valence-corrected chi connectivity index (χ2v) is 8.67. The highest BCUT2D eigenvalue weighted by Gasteiger charge is 2.42. The Balaban J connectivity index is 1.33. The van der Waals surface area contributed by atoms with Crippen molar-refractivity contribution in [2.24, 2.45) is 11.3 Å². The summed E-state index contributed by atoms with van der Waals surface area (Å²) in [5, 5.41) is 3.24. The van der Waals surface area contributed by atoms with Gasteiger partial charge in [-0.05, 0) is 51.0 Å². The lowest BCUT2D eigenvalue weighted by Gasteiger charge is -2.37. The van der Waals surface area contributed by atoms with E-state index in [9.17, 15) is 9.59 Å². The van der Waals surface area contributed by atoms with Gasteiger partial charge in [-0.1, -0.05) is 0 Å². The smallest absolute Gasteiger partial charge is 0.257 e. The summed E-state index contributed by atoms with van der Waals surface area (Å²) in [6, 6.07) is 0.0493. The fourth-order valence-corrected chi connectivity index (χ4v) is 4.60. The fraction of sp³-hybridized carbons (Fsp3) is 0.714. The van der Waals surface area contributed by atoms with Gasteiger partial charge in [-0.15, -0.1) is 0 Å². The average molecular weight is 390 g/mol. The molecule has 0 bridgehead atoms. The molecule has 3 saturated heterocycles. The molecule has 0 aliphatic carbocycles. The fourth-order valence-electron chi connectivity index (χ4n) is 4.60. The molecule has 154 valence electrons. The molecule has 28 heavy (non-hydrogen) atoms. The Hall–Kier alpha value is -1.86. The first-order chi connectivity index (χ1) is 13.5. The lowest BCUT2D eigenvalue weighted by atomic mass is 9.85. The quantitative estimate of drug-likeness (QED) is 0.852. The number of amides is 2. The number of ether oxygens (including phenoxy) is 2. The second-order valence-electron chi connectivity index (χ2n) is 8.67. The summed E-state index contributed by atoms with van der Waals surface area (Å²) in [4.78, 5) is 27.3. The van der Waals surface area contributed by atoms with Crippen LogP contribution in [0.4, 0.5) is 0 Å². The third-order valence-electron chi connectivity index (χ3n) is 6.60. The molecule has 3 aliphatic heterocycles. The number of rotatable bonds is 4. The number of carbonyl (C=O) groups is 2. The van der Waals surface area contributed by atoms with Crippen molar-refractivity contribution >= 4 is 11.8 Å². The zero-order chi connectivity index (χ0) is 19.7. The third-order valence-corrected chi connectivity index (χ3v) is 6.60. The van der Waals surface area contributed by atoms with Crippen molar-refractivity contribution in [2.45, 2.75) is 51.7 Å². The highest BCUT2D eigenvalue weighted by Crippen LogP contribution is 2.32. The first kappa shape index (κ1) is 19.5. The van der Waals surface area contributed by atoms with Crippen LogP contribution in [-0.2, 0) is 14.3 Å². The maximum atomic E-state index is 12.7. The minimum atomic E-state index is -0.425. The maximum Gasteiger partial charge on any atom is 0.257 e. The minimum Gasteiger partial charge on any atom is -0.471 e. The Morgan fingerprint density at radius 2 is 1.96 bits per heavy atom. The molecule has 4 rings (SSSR count). The monoisotopic (exact) mass is 390 g/mol. The van der Waals surface area contributed by atoms with Crippen LogP contribution in [0.2, 0.25) is 0 Å². The minimum absolute atomic E-state index is 0.0304.